The molecule has 0 aliphatic carbocycles. The lowest BCUT2D eigenvalue weighted by Crippen LogP contribution is -2.23. The fourth-order valence-corrected chi connectivity index (χ4v) is 2.25. The second-order valence-electron chi connectivity index (χ2n) is 5.35. The first-order chi connectivity index (χ1) is 10.1. The summed E-state index contributed by atoms with van der Waals surface area (Å²) in [5, 5.41) is 3.45. The second kappa shape index (κ2) is 7.18. The molecular formula is C17H24N2O2. The molecule has 0 saturated heterocycles. The van der Waals surface area contributed by atoms with Crippen molar-refractivity contribution in [1.29, 1.82) is 0 Å². The van der Waals surface area contributed by atoms with Gasteiger partial charge >= 0.3 is 0 Å². The van der Waals surface area contributed by atoms with E-state index >= 15 is 0 Å². The first-order valence-electron chi connectivity index (χ1n) is 7.22. The highest BCUT2D eigenvalue weighted by Gasteiger charge is 2.07. The van der Waals surface area contributed by atoms with Gasteiger partial charge in [-0.25, -0.2) is 0 Å². The summed E-state index contributed by atoms with van der Waals surface area (Å²) >= 11 is 0. The molecule has 2 rings (SSSR count). The van der Waals surface area contributed by atoms with Crippen LogP contribution in [0.3, 0.4) is 0 Å². The van der Waals surface area contributed by atoms with E-state index in [1.54, 1.807) is 14.2 Å². The van der Waals surface area contributed by atoms with Crippen molar-refractivity contribution < 1.29 is 9.47 Å². The normalized spacial score (nSPS) is 10.9. The van der Waals surface area contributed by atoms with Crippen LogP contribution in [-0.2, 0) is 13.1 Å². The zero-order valence-electron chi connectivity index (χ0n) is 13.2. The van der Waals surface area contributed by atoms with E-state index in [1.165, 1.54) is 11.3 Å². The molecular weight excluding hydrogens is 264 g/mol. The quantitative estimate of drug-likeness (QED) is 0.850. The molecule has 0 amide bonds. The maximum absolute atomic E-state index is 5.36. The highest BCUT2D eigenvalue weighted by atomic mass is 16.5. The van der Waals surface area contributed by atoms with Crippen LogP contribution in [0.1, 0.15) is 25.1 Å². The Labute approximate surface area is 126 Å². The molecule has 0 bridgehead atoms. The van der Waals surface area contributed by atoms with E-state index in [-0.39, 0.29) is 0 Å². The maximum atomic E-state index is 5.36. The molecule has 4 nitrogen and oxygen atoms in total. The molecule has 4 heteroatoms. The van der Waals surface area contributed by atoms with Gasteiger partial charge in [-0.15, -0.1) is 0 Å². The van der Waals surface area contributed by atoms with E-state index < -0.39 is 0 Å². The van der Waals surface area contributed by atoms with Gasteiger partial charge in [-0.1, -0.05) is 19.9 Å². The van der Waals surface area contributed by atoms with Crippen molar-refractivity contribution in [3.63, 3.8) is 0 Å². The lowest BCUT2D eigenvalue weighted by molar-refractivity contribution is 0.354. The predicted molar refractivity (Wildman–Crippen MR) is 85.1 cm³/mol. The molecule has 1 N–H and O–H groups in total. The molecule has 0 fully saturated rings. The average Bonchev–Trinajstić information content (AvgIpc) is 2.92. The summed E-state index contributed by atoms with van der Waals surface area (Å²) in [4.78, 5) is 0. The number of rotatable bonds is 7. The van der Waals surface area contributed by atoms with Crippen molar-refractivity contribution in [2.75, 3.05) is 14.2 Å². The van der Waals surface area contributed by atoms with E-state index in [0.29, 0.717) is 6.04 Å². The monoisotopic (exact) mass is 288 g/mol. The highest BCUT2D eigenvalue weighted by molar-refractivity contribution is 5.43. The van der Waals surface area contributed by atoms with Gasteiger partial charge in [0.1, 0.15) is 0 Å². The first kappa shape index (κ1) is 15.4. The van der Waals surface area contributed by atoms with E-state index in [4.69, 9.17) is 9.47 Å². The Morgan fingerprint density at radius 3 is 2.52 bits per heavy atom. The largest absolute Gasteiger partial charge is 0.493 e. The fourth-order valence-electron chi connectivity index (χ4n) is 2.25. The third kappa shape index (κ3) is 4.02. The van der Waals surface area contributed by atoms with Gasteiger partial charge < -0.3 is 19.4 Å². The summed E-state index contributed by atoms with van der Waals surface area (Å²) in [5.41, 5.74) is 2.47. The molecule has 0 saturated carbocycles. The molecule has 2 aromatic rings. The minimum Gasteiger partial charge on any atom is -0.493 e. The molecule has 0 radical (unpaired) electrons. The van der Waals surface area contributed by atoms with Crippen molar-refractivity contribution in [1.82, 2.24) is 9.88 Å². The molecule has 114 valence electrons. The summed E-state index contributed by atoms with van der Waals surface area (Å²) in [5.74, 6) is 1.53. The number of methoxy groups -OCH3 is 2. The summed E-state index contributed by atoms with van der Waals surface area (Å²) in [6.07, 6.45) is 2.11. The molecule has 0 atom stereocenters. The predicted octanol–water partition coefficient (Wildman–Crippen LogP) is 3.05. The molecule has 0 spiro atoms. The highest BCUT2D eigenvalue weighted by Crippen LogP contribution is 2.28. The summed E-state index contributed by atoms with van der Waals surface area (Å²) in [6, 6.07) is 10.8. The molecule has 21 heavy (non-hydrogen) atoms. The van der Waals surface area contributed by atoms with Crippen molar-refractivity contribution in [3.05, 3.63) is 47.8 Å². The van der Waals surface area contributed by atoms with Crippen molar-refractivity contribution in [2.24, 2.45) is 0 Å². The Hall–Kier alpha value is -1.94. The van der Waals surface area contributed by atoms with Gasteiger partial charge in [0, 0.05) is 31.0 Å². The van der Waals surface area contributed by atoms with Crippen LogP contribution >= 0.6 is 0 Å². The summed E-state index contributed by atoms with van der Waals surface area (Å²) < 4.78 is 12.9. The smallest absolute Gasteiger partial charge is 0.161 e. The van der Waals surface area contributed by atoms with Crippen LogP contribution in [0.5, 0.6) is 11.5 Å². The van der Waals surface area contributed by atoms with E-state index in [2.05, 4.69) is 48.1 Å². The lowest BCUT2D eigenvalue weighted by atomic mass is 10.2. The molecule has 1 aromatic heterocycles. The number of nitrogens with one attached hydrogen (secondary N) is 1. The third-order valence-electron chi connectivity index (χ3n) is 3.42. The second-order valence-corrected chi connectivity index (χ2v) is 5.35. The average molecular weight is 288 g/mol. The van der Waals surface area contributed by atoms with Gasteiger partial charge in [0.15, 0.2) is 11.5 Å². The maximum Gasteiger partial charge on any atom is 0.161 e. The number of aromatic nitrogens is 1. The van der Waals surface area contributed by atoms with Gasteiger partial charge in [-0.2, -0.15) is 0 Å². The van der Waals surface area contributed by atoms with Crippen LogP contribution < -0.4 is 14.8 Å². The van der Waals surface area contributed by atoms with Crippen LogP contribution in [0.2, 0.25) is 0 Å². The van der Waals surface area contributed by atoms with Crippen LogP contribution in [0.15, 0.2) is 36.5 Å². The van der Waals surface area contributed by atoms with Gasteiger partial charge in [-0.05, 0) is 29.8 Å². The Morgan fingerprint density at radius 2 is 1.86 bits per heavy atom. The van der Waals surface area contributed by atoms with Crippen molar-refractivity contribution in [3.8, 4) is 11.5 Å². The third-order valence-corrected chi connectivity index (χ3v) is 3.42. The first-order valence-corrected chi connectivity index (χ1v) is 7.22. The Balaban J connectivity index is 2.13. The molecule has 0 aliphatic heterocycles. The fraction of sp³-hybridized carbons (Fsp3) is 0.412. The number of hydrogen-bond acceptors (Lipinski definition) is 3. The molecule has 0 unspecified atom stereocenters. The van der Waals surface area contributed by atoms with Crippen molar-refractivity contribution >= 4 is 0 Å². The standard InChI is InChI=1S/C17H24N2O2/c1-13(2)18-11-15-6-5-9-19(15)12-14-7-8-16(20-3)17(10-14)21-4/h5-10,13,18H,11-12H2,1-4H3. The summed E-state index contributed by atoms with van der Waals surface area (Å²) in [6.45, 7) is 6.00. The zero-order chi connectivity index (χ0) is 15.2. The van der Waals surface area contributed by atoms with E-state index in [1.807, 2.05) is 12.1 Å². The Bertz CT molecular complexity index is 576. The van der Waals surface area contributed by atoms with Crippen molar-refractivity contribution in [2.45, 2.75) is 33.0 Å². The van der Waals surface area contributed by atoms with Crippen LogP contribution in [-0.4, -0.2) is 24.8 Å². The number of benzene rings is 1. The van der Waals surface area contributed by atoms with E-state index in [0.717, 1.165) is 24.6 Å². The minimum absolute atomic E-state index is 0.481. The molecule has 1 heterocycles. The van der Waals surface area contributed by atoms with Crippen LogP contribution in [0.4, 0.5) is 0 Å². The minimum atomic E-state index is 0.481. The van der Waals surface area contributed by atoms with Gasteiger partial charge in [0.25, 0.3) is 0 Å². The van der Waals surface area contributed by atoms with Gasteiger partial charge in [0.2, 0.25) is 0 Å². The van der Waals surface area contributed by atoms with Gasteiger partial charge in [-0.3, -0.25) is 0 Å². The topological polar surface area (TPSA) is 35.4 Å². The lowest BCUT2D eigenvalue weighted by Gasteiger charge is -2.14. The van der Waals surface area contributed by atoms with E-state index in [9.17, 15) is 0 Å². The Kier molecular flexibility index (Phi) is 5.28. The SMILES string of the molecule is COc1ccc(Cn2cccc2CNC(C)C)cc1OC. The number of hydrogen-bond donors (Lipinski definition) is 1. The van der Waals surface area contributed by atoms with Crippen LogP contribution in [0, 0.1) is 0 Å². The van der Waals surface area contributed by atoms with Gasteiger partial charge in [0.05, 0.1) is 14.2 Å². The molecule has 1 aromatic carbocycles. The Morgan fingerprint density at radius 1 is 1.10 bits per heavy atom. The van der Waals surface area contributed by atoms with Crippen LogP contribution in [0.25, 0.3) is 0 Å². The zero-order valence-corrected chi connectivity index (χ0v) is 13.2. The molecule has 0 aliphatic rings. The summed E-state index contributed by atoms with van der Waals surface area (Å²) in [7, 11) is 3.31. The number of nitrogens with zero attached hydrogens (tertiary/aromatic N) is 1. The number of ether oxygens (including phenoxy) is 2.